The molecule has 2 aromatic carbocycles. The molecule has 23 heavy (non-hydrogen) atoms. The van der Waals surface area contributed by atoms with Crippen LogP contribution in [0.4, 0.5) is 4.39 Å². The van der Waals surface area contributed by atoms with Gasteiger partial charge in [-0.1, -0.05) is 41.9 Å². The van der Waals surface area contributed by atoms with E-state index >= 15 is 0 Å². The molecule has 0 fully saturated rings. The highest BCUT2D eigenvalue weighted by Crippen LogP contribution is 2.18. The molecule has 0 saturated heterocycles. The van der Waals surface area contributed by atoms with Gasteiger partial charge in [0.1, 0.15) is 17.5 Å². The second kappa shape index (κ2) is 7.57. The van der Waals surface area contributed by atoms with Gasteiger partial charge in [-0.3, -0.25) is 4.79 Å². The highest BCUT2D eigenvalue weighted by molar-refractivity contribution is 6.30. The quantitative estimate of drug-likeness (QED) is 0.673. The Morgan fingerprint density at radius 2 is 2.00 bits per heavy atom. The van der Waals surface area contributed by atoms with Crippen molar-refractivity contribution in [1.29, 1.82) is 5.26 Å². The van der Waals surface area contributed by atoms with Crippen molar-refractivity contribution < 1.29 is 9.18 Å². The number of nitriles is 1. The summed E-state index contributed by atoms with van der Waals surface area (Å²) in [6.45, 7) is 1.81. The maximum Gasteiger partial charge on any atom is 0.262 e. The number of hydrogen-bond donors (Lipinski definition) is 1. The Labute approximate surface area is 139 Å². The van der Waals surface area contributed by atoms with Gasteiger partial charge >= 0.3 is 0 Å². The maximum atomic E-state index is 13.7. The number of halogens is 2. The number of carbonyl (C=O) groups excluding carboxylic acids is 1. The summed E-state index contributed by atoms with van der Waals surface area (Å²) < 4.78 is 13.7. The molecule has 0 heterocycles. The minimum absolute atomic E-state index is 0.0940. The monoisotopic (exact) mass is 328 g/mol. The topological polar surface area (TPSA) is 52.9 Å². The Bertz CT molecular complexity index is 781. The number of benzene rings is 2. The zero-order valence-corrected chi connectivity index (χ0v) is 13.1. The van der Waals surface area contributed by atoms with Crippen molar-refractivity contribution in [1.82, 2.24) is 5.32 Å². The zero-order valence-electron chi connectivity index (χ0n) is 12.4. The lowest BCUT2D eigenvalue weighted by Crippen LogP contribution is -2.27. The molecule has 0 spiro atoms. The van der Waals surface area contributed by atoms with Crippen LogP contribution in [0, 0.1) is 17.1 Å². The van der Waals surface area contributed by atoms with Crippen molar-refractivity contribution in [2.45, 2.75) is 13.0 Å². The molecule has 3 nitrogen and oxygen atoms in total. The Hall–Kier alpha value is -2.64. The fraction of sp³-hybridized carbons (Fsp3) is 0.111. The minimum Gasteiger partial charge on any atom is -0.345 e. The first kappa shape index (κ1) is 16.7. The van der Waals surface area contributed by atoms with Gasteiger partial charge in [0.25, 0.3) is 5.91 Å². The minimum atomic E-state index is -0.566. The average Bonchev–Trinajstić information content (AvgIpc) is 2.56. The van der Waals surface area contributed by atoms with Gasteiger partial charge in [0.2, 0.25) is 0 Å². The molecular weight excluding hydrogens is 315 g/mol. The summed E-state index contributed by atoms with van der Waals surface area (Å²) in [6.07, 6.45) is 1.19. The van der Waals surface area contributed by atoms with Crippen LogP contribution in [0.5, 0.6) is 0 Å². The molecule has 1 amide bonds. The van der Waals surface area contributed by atoms with Gasteiger partial charge in [0, 0.05) is 10.6 Å². The summed E-state index contributed by atoms with van der Waals surface area (Å²) >= 11 is 5.81. The van der Waals surface area contributed by atoms with E-state index < -0.39 is 11.7 Å². The molecule has 2 aromatic rings. The number of nitrogens with zero attached hydrogens (tertiary/aromatic N) is 1. The molecule has 0 aliphatic rings. The third-order valence-corrected chi connectivity index (χ3v) is 3.51. The van der Waals surface area contributed by atoms with Gasteiger partial charge in [-0.25, -0.2) is 4.39 Å². The zero-order chi connectivity index (χ0) is 16.8. The lowest BCUT2D eigenvalue weighted by Gasteiger charge is -2.13. The molecule has 116 valence electrons. The van der Waals surface area contributed by atoms with Crippen LogP contribution in [0.3, 0.4) is 0 Å². The Balaban J connectivity index is 2.20. The molecule has 1 unspecified atom stereocenters. The third-order valence-electron chi connectivity index (χ3n) is 3.27. The van der Waals surface area contributed by atoms with Crippen LogP contribution in [0.1, 0.15) is 24.1 Å². The maximum absolute atomic E-state index is 13.7. The van der Waals surface area contributed by atoms with Gasteiger partial charge in [-0.15, -0.1) is 0 Å². The SMILES string of the molecule is CC(NC(=O)/C(C#N)=C\c1cc(Cl)ccc1F)c1ccccc1. The van der Waals surface area contributed by atoms with Crippen molar-refractivity contribution in [3.63, 3.8) is 0 Å². The molecule has 5 heteroatoms. The van der Waals surface area contributed by atoms with Crippen LogP contribution in [0.2, 0.25) is 5.02 Å². The summed E-state index contributed by atoms with van der Waals surface area (Å²) in [6, 6.07) is 14.8. The van der Waals surface area contributed by atoms with E-state index in [1.165, 1.54) is 24.3 Å². The Morgan fingerprint density at radius 3 is 2.65 bits per heavy atom. The van der Waals surface area contributed by atoms with E-state index in [0.29, 0.717) is 5.02 Å². The highest BCUT2D eigenvalue weighted by Gasteiger charge is 2.14. The van der Waals surface area contributed by atoms with E-state index in [0.717, 1.165) is 5.56 Å². The molecule has 0 aliphatic carbocycles. The summed E-state index contributed by atoms with van der Waals surface area (Å²) in [7, 11) is 0. The molecule has 2 rings (SSSR count). The lowest BCUT2D eigenvalue weighted by molar-refractivity contribution is -0.117. The van der Waals surface area contributed by atoms with Gasteiger partial charge in [0.15, 0.2) is 0 Å². The van der Waals surface area contributed by atoms with Gasteiger partial charge in [-0.2, -0.15) is 5.26 Å². The van der Waals surface area contributed by atoms with Crippen molar-refractivity contribution >= 4 is 23.6 Å². The van der Waals surface area contributed by atoms with Crippen LogP contribution in [0.25, 0.3) is 6.08 Å². The number of rotatable bonds is 4. The fourth-order valence-electron chi connectivity index (χ4n) is 2.03. The van der Waals surface area contributed by atoms with Crippen LogP contribution in [-0.2, 0) is 4.79 Å². The largest absolute Gasteiger partial charge is 0.345 e. The average molecular weight is 329 g/mol. The summed E-state index contributed by atoms with van der Waals surface area (Å²) in [5, 5.41) is 12.2. The Morgan fingerprint density at radius 1 is 1.30 bits per heavy atom. The number of hydrogen-bond acceptors (Lipinski definition) is 2. The van der Waals surface area contributed by atoms with E-state index in [2.05, 4.69) is 5.32 Å². The Kier molecular flexibility index (Phi) is 5.51. The molecule has 0 aliphatic heterocycles. The molecule has 0 saturated carbocycles. The van der Waals surface area contributed by atoms with Gasteiger partial charge < -0.3 is 5.32 Å². The second-order valence-electron chi connectivity index (χ2n) is 4.94. The molecule has 1 N–H and O–H groups in total. The molecule has 1 atom stereocenters. The molecular formula is C18H14ClFN2O. The predicted octanol–water partition coefficient (Wildman–Crippen LogP) is 4.26. The van der Waals surface area contributed by atoms with E-state index in [4.69, 9.17) is 16.9 Å². The second-order valence-corrected chi connectivity index (χ2v) is 5.38. The summed E-state index contributed by atoms with van der Waals surface area (Å²) in [5.41, 5.74) is 0.817. The van der Waals surface area contributed by atoms with Crippen LogP contribution < -0.4 is 5.32 Å². The molecule has 0 aromatic heterocycles. The van der Waals surface area contributed by atoms with E-state index in [9.17, 15) is 9.18 Å². The first-order chi connectivity index (χ1) is 11.0. The number of nitrogens with one attached hydrogen (secondary N) is 1. The normalized spacial score (nSPS) is 12.3. The van der Waals surface area contributed by atoms with Crippen molar-refractivity contribution in [2.24, 2.45) is 0 Å². The summed E-state index contributed by atoms with van der Waals surface area (Å²) in [4.78, 5) is 12.2. The lowest BCUT2D eigenvalue weighted by atomic mass is 10.1. The first-order valence-electron chi connectivity index (χ1n) is 6.94. The van der Waals surface area contributed by atoms with Gasteiger partial charge in [0.05, 0.1) is 6.04 Å². The van der Waals surface area contributed by atoms with Gasteiger partial charge in [-0.05, 0) is 36.8 Å². The van der Waals surface area contributed by atoms with Crippen molar-refractivity contribution in [2.75, 3.05) is 0 Å². The van der Waals surface area contributed by atoms with Crippen LogP contribution in [-0.4, -0.2) is 5.91 Å². The van der Waals surface area contributed by atoms with E-state index in [-0.39, 0.29) is 17.2 Å². The van der Waals surface area contributed by atoms with Crippen molar-refractivity contribution in [3.8, 4) is 6.07 Å². The first-order valence-corrected chi connectivity index (χ1v) is 7.31. The standard InChI is InChI=1S/C18H14ClFN2O/c1-12(13-5-3-2-4-6-13)22-18(23)15(11-21)9-14-10-16(19)7-8-17(14)20/h2-10,12H,1H3,(H,22,23)/b15-9-. The smallest absolute Gasteiger partial charge is 0.262 e. The highest BCUT2D eigenvalue weighted by atomic mass is 35.5. The third kappa shape index (κ3) is 4.41. The molecule has 0 radical (unpaired) electrons. The summed E-state index contributed by atoms with van der Waals surface area (Å²) in [5.74, 6) is -1.12. The number of carbonyl (C=O) groups is 1. The van der Waals surface area contributed by atoms with Crippen molar-refractivity contribution in [3.05, 3.63) is 76.1 Å². The van der Waals surface area contributed by atoms with Crippen LogP contribution >= 0.6 is 11.6 Å². The predicted molar refractivity (Wildman–Crippen MR) is 88.0 cm³/mol. The molecule has 0 bridgehead atoms. The van der Waals surface area contributed by atoms with E-state index in [1.807, 2.05) is 37.3 Å². The van der Waals surface area contributed by atoms with Crippen LogP contribution in [0.15, 0.2) is 54.1 Å². The van der Waals surface area contributed by atoms with E-state index in [1.54, 1.807) is 6.07 Å². The number of amides is 1. The fourth-order valence-corrected chi connectivity index (χ4v) is 2.21.